The van der Waals surface area contributed by atoms with E-state index in [1.807, 2.05) is 24.3 Å². The Bertz CT molecular complexity index is 1470. The number of nitrogens with one attached hydrogen (secondary N) is 2. The van der Waals surface area contributed by atoms with Gasteiger partial charge in [-0.1, -0.05) is 23.7 Å². The van der Waals surface area contributed by atoms with E-state index in [0.717, 1.165) is 16.5 Å². The zero-order valence-corrected chi connectivity index (χ0v) is 19.3. The highest BCUT2D eigenvalue weighted by atomic mass is 35.5. The van der Waals surface area contributed by atoms with Gasteiger partial charge in [0, 0.05) is 52.3 Å². The summed E-state index contributed by atoms with van der Waals surface area (Å²) in [6, 6.07) is 10.7. The number of H-pyrrole nitrogens is 1. The molecule has 6 nitrogen and oxygen atoms in total. The average Bonchev–Trinajstić information content (AvgIpc) is 3.18. The number of halogens is 2. The first kappa shape index (κ1) is 23.2. The van der Waals surface area contributed by atoms with Crippen LogP contribution in [-0.2, 0) is 17.8 Å². The predicted octanol–water partition coefficient (Wildman–Crippen LogP) is 5.48. The van der Waals surface area contributed by atoms with E-state index in [2.05, 4.69) is 27.0 Å². The Hall–Kier alpha value is -3.97. The SMILES string of the molecule is C=N/C(=C\C(=C/C)C(=O)NCc1cc2c(Cl)c[nH]c2cc1F)Cc1ccc2ncc(N)cc2c1. The summed E-state index contributed by atoms with van der Waals surface area (Å²) >= 11 is 6.13. The number of aromatic nitrogens is 2. The van der Waals surface area contributed by atoms with Crippen molar-refractivity contribution < 1.29 is 9.18 Å². The van der Waals surface area contributed by atoms with E-state index in [1.165, 1.54) is 6.07 Å². The van der Waals surface area contributed by atoms with Crippen LogP contribution in [0.2, 0.25) is 5.02 Å². The fourth-order valence-corrected chi connectivity index (χ4v) is 3.91. The van der Waals surface area contributed by atoms with Gasteiger partial charge in [-0.2, -0.15) is 0 Å². The monoisotopic (exact) mass is 475 g/mol. The van der Waals surface area contributed by atoms with Crippen LogP contribution in [0, 0.1) is 5.82 Å². The van der Waals surface area contributed by atoms with E-state index in [-0.39, 0.29) is 12.5 Å². The van der Waals surface area contributed by atoms with Crippen molar-refractivity contribution in [2.45, 2.75) is 19.9 Å². The first-order chi connectivity index (χ1) is 16.4. The van der Waals surface area contributed by atoms with Gasteiger partial charge in [0.1, 0.15) is 5.82 Å². The number of aliphatic imine (C=N–C) groups is 1. The van der Waals surface area contributed by atoms with Gasteiger partial charge in [0.05, 0.1) is 22.4 Å². The second-order valence-electron chi connectivity index (χ2n) is 7.82. The lowest BCUT2D eigenvalue weighted by Gasteiger charge is -2.09. The first-order valence-corrected chi connectivity index (χ1v) is 11.0. The van der Waals surface area contributed by atoms with E-state index in [4.69, 9.17) is 17.3 Å². The highest BCUT2D eigenvalue weighted by Gasteiger charge is 2.12. The highest BCUT2D eigenvalue weighted by Crippen LogP contribution is 2.26. The molecule has 0 bridgehead atoms. The maximum absolute atomic E-state index is 14.4. The number of allylic oxidation sites excluding steroid dienone is 2. The standard InChI is InChI=1S/C26H23ClFN5O/c1-3-16(26(34)33-12-18-10-21-22(27)14-32-25(21)11-23(18)28)9-20(30-2)7-15-4-5-24-17(6-15)8-19(29)13-31-24/h3-6,8-11,13-14,32H,2,7,12,29H2,1H3,(H,33,34)/b16-3+,20-9-. The lowest BCUT2D eigenvalue weighted by molar-refractivity contribution is -0.117. The summed E-state index contributed by atoms with van der Waals surface area (Å²) < 4.78 is 14.4. The Balaban J connectivity index is 1.49. The van der Waals surface area contributed by atoms with Crippen molar-refractivity contribution in [1.29, 1.82) is 0 Å². The number of nitrogen functional groups attached to an aromatic ring is 1. The molecule has 8 heteroatoms. The van der Waals surface area contributed by atoms with Gasteiger partial charge >= 0.3 is 0 Å². The number of carbonyl (C=O) groups excluding carboxylic acids is 1. The molecule has 0 spiro atoms. The van der Waals surface area contributed by atoms with Crippen molar-refractivity contribution >= 4 is 51.7 Å². The first-order valence-electron chi connectivity index (χ1n) is 10.6. The molecular formula is C26H23ClFN5O. The number of amides is 1. The maximum Gasteiger partial charge on any atom is 0.251 e. The number of benzene rings is 2. The smallest absolute Gasteiger partial charge is 0.251 e. The molecule has 2 heterocycles. The van der Waals surface area contributed by atoms with Crippen LogP contribution >= 0.6 is 11.6 Å². The van der Waals surface area contributed by atoms with Crippen LogP contribution in [0.25, 0.3) is 21.8 Å². The van der Waals surface area contributed by atoms with Gasteiger partial charge in [-0.05, 0) is 55.6 Å². The molecule has 4 rings (SSSR count). The number of carbonyl (C=O) groups is 1. The summed E-state index contributed by atoms with van der Waals surface area (Å²) in [6.07, 6.45) is 7.03. The molecule has 0 radical (unpaired) electrons. The lowest BCUT2D eigenvalue weighted by Crippen LogP contribution is -2.24. The molecule has 4 N–H and O–H groups in total. The van der Waals surface area contributed by atoms with Gasteiger partial charge in [0.25, 0.3) is 5.91 Å². The zero-order chi connectivity index (χ0) is 24.2. The summed E-state index contributed by atoms with van der Waals surface area (Å²) in [6.45, 7) is 5.41. The maximum atomic E-state index is 14.4. The van der Waals surface area contributed by atoms with Crippen molar-refractivity contribution in [1.82, 2.24) is 15.3 Å². The molecule has 0 aliphatic heterocycles. The van der Waals surface area contributed by atoms with Gasteiger partial charge in [-0.15, -0.1) is 0 Å². The molecule has 34 heavy (non-hydrogen) atoms. The fraction of sp³-hybridized carbons (Fsp3) is 0.115. The van der Waals surface area contributed by atoms with Crippen molar-refractivity contribution in [2.24, 2.45) is 4.99 Å². The highest BCUT2D eigenvalue weighted by molar-refractivity contribution is 6.35. The zero-order valence-electron chi connectivity index (χ0n) is 18.5. The van der Waals surface area contributed by atoms with Crippen LogP contribution in [0.4, 0.5) is 10.1 Å². The van der Waals surface area contributed by atoms with E-state index < -0.39 is 5.82 Å². The molecule has 4 aromatic rings. The normalized spacial score (nSPS) is 12.3. The second-order valence-corrected chi connectivity index (χ2v) is 8.23. The van der Waals surface area contributed by atoms with Crippen LogP contribution in [0.3, 0.4) is 0 Å². The van der Waals surface area contributed by atoms with Gasteiger partial charge in [-0.3, -0.25) is 14.8 Å². The minimum atomic E-state index is -0.427. The Morgan fingerprint density at radius 2 is 2.15 bits per heavy atom. The summed E-state index contributed by atoms with van der Waals surface area (Å²) in [5, 5.41) is 4.88. The summed E-state index contributed by atoms with van der Waals surface area (Å²) in [4.78, 5) is 24.1. The summed E-state index contributed by atoms with van der Waals surface area (Å²) in [7, 11) is 0. The third-order valence-electron chi connectivity index (χ3n) is 5.49. The van der Waals surface area contributed by atoms with Gasteiger partial charge in [0.15, 0.2) is 0 Å². The largest absolute Gasteiger partial charge is 0.397 e. The van der Waals surface area contributed by atoms with E-state index in [0.29, 0.717) is 44.9 Å². The molecule has 2 aromatic carbocycles. The number of fused-ring (bicyclic) bond motifs is 2. The fourth-order valence-electron chi connectivity index (χ4n) is 3.70. The predicted molar refractivity (Wildman–Crippen MR) is 136 cm³/mol. The Morgan fingerprint density at radius 1 is 1.32 bits per heavy atom. The molecule has 0 aliphatic rings. The molecule has 172 valence electrons. The van der Waals surface area contributed by atoms with Gasteiger partial charge in [-0.25, -0.2) is 4.39 Å². The molecule has 1 amide bonds. The molecule has 0 unspecified atom stereocenters. The van der Waals surface area contributed by atoms with E-state index >= 15 is 0 Å². The van der Waals surface area contributed by atoms with Crippen molar-refractivity contribution in [3.05, 3.63) is 94.2 Å². The second kappa shape index (κ2) is 9.89. The molecular weight excluding hydrogens is 453 g/mol. The van der Waals surface area contributed by atoms with Gasteiger partial charge < -0.3 is 16.0 Å². The number of nitrogens with zero attached hydrogens (tertiary/aromatic N) is 2. The van der Waals surface area contributed by atoms with Crippen LogP contribution in [0.1, 0.15) is 18.1 Å². The number of aromatic amines is 1. The van der Waals surface area contributed by atoms with Crippen LogP contribution in [0.5, 0.6) is 0 Å². The molecule has 0 saturated carbocycles. The van der Waals surface area contributed by atoms with E-state index in [1.54, 1.807) is 37.5 Å². The minimum Gasteiger partial charge on any atom is -0.397 e. The number of anilines is 1. The molecule has 2 aromatic heterocycles. The lowest BCUT2D eigenvalue weighted by atomic mass is 10.0. The Labute approximate surface area is 201 Å². The Kier molecular flexibility index (Phi) is 6.75. The Morgan fingerprint density at radius 3 is 2.91 bits per heavy atom. The third-order valence-corrected chi connectivity index (χ3v) is 5.80. The van der Waals surface area contributed by atoms with Gasteiger partial charge in [0.2, 0.25) is 0 Å². The number of pyridine rings is 1. The number of hydrogen-bond acceptors (Lipinski definition) is 4. The van der Waals surface area contributed by atoms with Crippen LogP contribution in [0.15, 0.2) is 77.2 Å². The number of hydrogen-bond donors (Lipinski definition) is 3. The summed E-state index contributed by atoms with van der Waals surface area (Å²) in [5.41, 5.74) is 10.2. The molecule has 0 fully saturated rings. The summed E-state index contributed by atoms with van der Waals surface area (Å²) in [5.74, 6) is -0.775. The van der Waals surface area contributed by atoms with Crippen LogP contribution in [-0.4, -0.2) is 22.6 Å². The van der Waals surface area contributed by atoms with Crippen molar-refractivity contribution in [3.8, 4) is 0 Å². The minimum absolute atomic E-state index is 0.0171. The number of rotatable bonds is 7. The van der Waals surface area contributed by atoms with E-state index in [9.17, 15) is 9.18 Å². The van der Waals surface area contributed by atoms with Crippen molar-refractivity contribution in [2.75, 3.05) is 5.73 Å². The van der Waals surface area contributed by atoms with Crippen molar-refractivity contribution in [3.63, 3.8) is 0 Å². The molecule has 0 saturated heterocycles. The van der Waals surface area contributed by atoms with Crippen LogP contribution < -0.4 is 11.1 Å². The quantitative estimate of drug-likeness (QED) is 0.187. The topological polar surface area (TPSA) is 96.2 Å². The molecule has 0 atom stereocenters. The molecule has 0 aliphatic carbocycles. The third kappa shape index (κ3) is 5.00. The average molecular weight is 476 g/mol. The number of nitrogens with two attached hydrogens (primary N) is 1.